The number of thiophene rings is 1. The summed E-state index contributed by atoms with van der Waals surface area (Å²) >= 11 is 1.62. The average Bonchev–Trinajstić information content (AvgIpc) is 3.44. The van der Waals surface area contributed by atoms with Crippen LogP contribution < -0.4 is 0 Å². The van der Waals surface area contributed by atoms with Crippen molar-refractivity contribution in [2.75, 3.05) is 20.2 Å². The quantitative estimate of drug-likeness (QED) is 0.587. The molecule has 30 heavy (non-hydrogen) atoms. The summed E-state index contributed by atoms with van der Waals surface area (Å²) in [5, 5.41) is 12.6. The Hall–Kier alpha value is -2.48. The van der Waals surface area contributed by atoms with E-state index in [-0.39, 0.29) is 12.1 Å². The van der Waals surface area contributed by atoms with E-state index < -0.39 is 0 Å². The van der Waals surface area contributed by atoms with Crippen molar-refractivity contribution in [2.45, 2.75) is 32.4 Å². The van der Waals surface area contributed by atoms with Crippen LogP contribution in [-0.2, 0) is 11.3 Å². The van der Waals surface area contributed by atoms with Crippen LogP contribution in [0, 0.1) is 12.8 Å². The van der Waals surface area contributed by atoms with Gasteiger partial charge in [0.05, 0.1) is 24.5 Å². The van der Waals surface area contributed by atoms with Crippen LogP contribution in [0.4, 0.5) is 0 Å². The van der Waals surface area contributed by atoms with Crippen molar-refractivity contribution in [3.8, 4) is 11.5 Å². The van der Waals surface area contributed by atoms with Gasteiger partial charge in [-0.3, -0.25) is 4.90 Å². The SMILES string of the molecule is COC(=O)c1ccc(-c2nc(CN3CCC(C(O)c4cccs4)CC3)c(C)o2)cc1. The van der Waals surface area contributed by atoms with Crippen LogP contribution in [0.2, 0.25) is 0 Å². The molecule has 1 aliphatic heterocycles. The predicted molar refractivity (Wildman–Crippen MR) is 115 cm³/mol. The van der Waals surface area contributed by atoms with Gasteiger partial charge in [0.15, 0.2) is 0 Å². The molecule has 0 bridgehead atoms. The van der Waals surface area contributed by atoms with Gasteiger partial charge in [-0.1, -0.05) is 6.07 Å². The highest BCUT2D eigenvalue weighted by molar-refractivity contribution is 7.10. The highest BCUT2D eigenvalue weighted by atomic mass is 32.1. The lowest BCUT2D eigenvalue weighted by molar-refractivity contribution is 0.0586. The molecule has 2 aromatic heterocycles. The highest BCUT2D eigenvalue weighted by Crippen LogP contribution is 2.33. The Balaban J connectivity index is 1.37. The minimum absolute atomic E-state index is 0.308. The predicted octanol–water partition coefficient (Wildman–Crippen LogP) is 4.44. The normalized spacial score (nSPS) is 16.5. The zero-order valence-electron chi connectivity index (χ0n) is 17.2. The van der Waals surface area contributed by atoms with Crippen molar-refractivity contribution in [3.63, 3.8) is 0 Å². The van der Waals surface area contributed by atoms with Gasteiger partial charge in [-0.15, -0.1) is 11.3 Å². The molecule has 3 heterocycles. The van der Waals surface area contributed by atoms with Gasteiger partial charge in [0.25, 0.3) is 0 Å². The number of aliphatic hydroxyl groups is 1. The first-order valence-electron chi connectivity index (χ1n) is 10.1. The number of carbonyl (C=O) groups excluding carboxylic acids is 1. The van der Waals surface area contributed by atoms with Crippen LogP contribution in [-0.4, -0.2) is 41.2 Å². The fourth-order valence-electron chi connectivity index (χ4n) is 3.90. The van der Waals surface area contributed by atoms with Gasteiger partial charge in [-0.05, 0) is 74.5 Å². The van der Waals surface area contributed by atoms with Crippen molar-refractivity contribution in [1.29, 1.82) is 0 Å². The maximum absolute atomic E-state index is 11.6. The molecule has 1 unspecified atom stereocenters. The number of likely N-dealkylation sites (tertiary alicyclic amines) is 1. The number of carbonyl (C=O) groups is 1. The van der Waals surface area contributed by atoms with E-state index in [4.69, 9.17) is 14.1 Å². The molecule has 0 radical (unpaired) electrons. The second-order valence-corrected chi connectivity index (χ2v) is 8.64. The van der Waals surface area contributed by atoms with Crippen molar-refractivity contribution in [2.24, 2.45) is 5.92 Å². The number of methoxy groups -OCH3 is 1. The number of aromatic nitrogens is 1. The van der Waals surface area contributed by atoms with E-state index in [1.54, 1.807) is 23.5 Å². The first kappa shape index (κ1) is 20.8. The summed E-state index contributed by atoms with van der Waals surface area (Å²) in [6.07, 6.45) is 1.58. The number of aliphatic hydroxyl groups excluding tert-OH is 1. The third-order valence-corrected chi connectivity index (χ3v) is 6.68. The van der Waals surface area contributed by atoms with Crippen molar-refractivity contribution >= 4 is 17.3 Å². The van der Waals surface area contributed by atoms with Crippen molar-refractivity contribution < 1.29 is 19.1 Å². The Morgan fingerprint density at radius 2 is 2.03 bits per heavy atom. The number of hydrogen-bond acceptors (Lipinski definition) is 7. The Morgan fingerprint density at radius 3 is 2.67 bits per heavy atom. The molecule has 1 atom stereocenters. The molecule has 1 N–H and O–H groups in total. The highest BCUT2D eigenvalue weighted by Gasteiger charge is 2.27. The number of ether oxygens (including phenoxy) is 1. The van der Waals surface area contributed by atoms with Gasteiger partial charge in [-0.2, -0.15) is 0 Å². The van der Waals surface area contributed by atoms with Gasteiger partial charge in [0.2, 0.25) is 5.89 Å². The van der Waals surface area contributed by atoms with Crippen molar-refractivity contribution in [3.05, 3.63) is 63.7 Å². The van der Waals surface area contributed by atoms with Crippen LogP contribution in [0.15, 0.2) is 46.2 Å². The standard InChI is InChI=1S/C23H26N2O4S/c1-15-19(24-22(29-15)17-5-7-18(8-6-17)23(27)28-2)14-25-11-9-16(10-12-25)21(26)20-4-3-13-30-20/h3-8,13,16,21,26H,9-12,14H2,1-2H3. The molecule has 1 aliphatic rings. The summed E-state index contributed by atoms with van der Waals surface area (Å²) < 4.78 is 10.6. The lowest BCUT2D eigenvalue weighted by atomic mass is 9.90. The maximum atomic E-state index is 11.6. The Bertz CT molecular complexity index is 973. The molecular formula is C23H26N2O4S. The molecular weight excluding hydrogens is 400 g/mol. The summed E-state index contributed by atoms with van der Waals surface area (Å²) in [6.45, 7) is 4.53. The molecule has 1 aromatic carbocycles. The van der Waals surface area contributed by atoms with Crippen LogP contribution in [0.25, 0.3) is 11.5 Å². The zero-order valence-corrected chi connectivity index (χ0v) is 18.0. The maximum Gasteiger partial charge on any atom is 0.337 e. The molecule has 1 saturated heterocycles. The summed E-state index contributed by atoms with van der Waals surface area (Å²) in [4.78, 5) is 19.7. The molecule has 7 heteroatoms. The Labute approximate surface area is 180 Å². The number of esters is 1. The van der Waals surface area contributed by atoms with E-state index in [0.29, 0.717) is 17.4 Å². The molecule has 6 nitrogen and oxygen atoms in total. The average molecular weight is 427 g/mol. The van der Waals surface area contributed by atoms with Crippen LogP contribution in [0.5, 0.6) is 0 Å². The second kappa shape index (κ2) is 9.12. The third-order valence-electron chi connectivity index (χ3n) is 5.73. The Kier molecular flexibility index (Phi) is 6.32. The number of piperidine rings is 1. The van der Waals surface area contributed by atoms with Crippen LogP contribution in [0.1, 0.15) is 45.6 Å². The number of rotatable bonds is 6. The molecule has 1 fully saturated rings. The zero-order chi connectivity index (χ0) is 21.1. The smallest absolute Gasteiger partial charge is 0.337 e. The summed E-state index contributed by atoms with van der Waals surface area (Å²) in [7, 11) is 1.37. The summed E-state index contributed by atoms with van der Waals surface area (Å²) in [5.41, 5.74) is 2.26. The monoisotopic (exact) mass is 426 g/mol. The fraction of sp³-hybridized carbons (Fsp3) is 0.391. The van der Waals surface area contributed by atoms with Gasteiger partial charge in [-0.25, -0.2) is 9.78 Å². The third kappa shape index (κ3) is 4.48. The minimum atomic E-state index is -0.363. The molecule has 3 aromatic rings. The molecule has 0 spiro atoms. The first-order chi connectivity index (χ1) is 14.5. The van der Waals surface area contributed by atoms with Gasteiger partial charge in [0, 0.05) is 17.0 Å². The number of benzene rings is 1. The van der Waals surface area contributed by atoms with Crippen LogP contribution >= 0.6 is 11.3 Å². The molecule has 0 aliphatic carbocycles. The fourth-order valence-corrected chi connectivity index (χ4v) is 4.70. The molecule has 0 amide bonds. The van der Waals surface area contributed by atoms with E-state index in [9.17, 15) is 9.90 Å². The number of nitrogens with zero attached hydrogens (tertiary/aromatic N) is 2. The van der Waals surface area contributed by atoms with E-state index in [2.05, 4.69) is 4.90 Å². The molecule has 4 rings (SSSR count). The van der Waals surface area contributed by atoms with Gasteiger partial charge >= 0.3 is 5.97 Å². The minimum Gasteiger partial charge on any atom is -0.465 e. The molecule has 0 saturated carbocycles. The summed E-state index contributed by atoms with van der Waals surface area (Å²) in [6, 6.07) is 11.1. The van der Waals surface area contributed by atoms with E-state index in [1.807, 2.05) is 36.6 Å². The first-order valence-corrected chi connectivity index (χ1v) is 11.0. The van der Waals surface area contributed by atoms with Gasteiger partial charge < -0.3 is 14.3 Å². The lowest BCUT2D eigenvalue weighted by Crippen LogP contribution is -2.35. The second-order valence-electron chi connectivity index (χ2n) is 7.66. The number of aryl methyl sites for hydroxylation is 1. The van der Waals surface area contributed by atoms with E-state index in [0.717, 1.165) is 54.4 Å². The van der Waals surface area contributed by atoms with E-state index >= 15 is 0 Å². The van der Waals surface area contributed by atoms with E-state index in [1.165, 1.54) is 7.11 Å². The topological polar surface area (TPSA) is 75.8 Å². The molecule has 158 valence electrons. The largest absolute Gasteiger partial charge is 0.465 e. The number of hydrogen-bond donors (Lipinski definition) is 1. The summed E-state index contributed by atoms with van der Waals surface area (Å²) in [5.74, 6) is 1.31. The van der Waals surface area contributed by atoms with Gasteiger partial charge in [0.1, 0.15) is 5.76 Å². The van der Waals surface area contributed by atoms with Crippen molar-refractivity contribution in [1.82, 2.24) is 9.88 Å². The Morgan fingerprint density at radius 1 is 1.30 bits per heavy atom. The van der Waals surface area contributed by atoms with Crippen LogP contribution in [0.3, 0.4) is 0 Å². The lowest BCUT2D eigenvalue weighted by Gasteiger charge is -2.33. The number of oxazole rings is 1.